The van der Waals surface area contributed by atoms with Gasteiger partial charge in [0.05, 0.1) is 5.92 Å². The third kappa shape index (κ3) is 3.93. The zero-order valence-electron chi connectivity index (χ0n) is 16.0. The van der Waals surface area contributed by atoms with Gasteiger partial charge in [-0.25, -0.2) is 0 Å². The van der Waals surface area contributed by atoms with Crippen LogP contribution in [-0.2, 0) is 16.0 Å². The second-order valence-corrected chi connectivity index (χ2v) is 7.40. The van der Waals surface area contributed by atoms with E-state index in [0.29, 0.717) is 19.0 Å². The number of benzene rings is 1. The highest BCUT2D eigenvalue weighted by Gasteiger charge is 2.39. The Morgan fingerprint density at radius 1 is 1.23 bits per heavy atom. The van der Waals surface area contributed by atoms with E-state index < -0.39 is 0 Å². The Bertz CT molecular complexity index is 640. The standard InChI is InChI=1S/C21H31N3O2/c1-3-13-23(18-9-11-22-12-10-18)21(26)17-14-20(25)24(15-17)19-8-6-5-7-16(19)4-2/h5-8,17-18,22H,3-4,9-15H2,1-2H3. The van der Waals surface area contributed by atoms with Crippen molar-refractivity contribution in [1.82, 2.24) is 10.2 Å². The molecule has 1 atom stereocenters. The van der Waals surface area contributed by atoms with Gasteiger partial charge in [0.15, 0.2) is 0 Å². The first kappa shape index (κ1) is 18.9. The molecule has 2 saturated heterocycles. The van der Waals surface area contributed by atoms with Gasteiger partial charge in [-0.15, -0.1) is 0 Å². The maximum atomic E-state index is 13.2. The Hall–Kier alpha value is -1.88. The van der Waals surface area contributed by atoms with Crippen LogP contribution in [0.2, 0.25) is 0 Å². The molecular formula is C21H31N3O2. The first-order valence-electron chi connectivity index (χ1n) is 10.0. The smallest absolute Gasteiger partial charge is 0.228 e. The molecule has 0 radical (unpaired) electrons. The quantitative estimate of drug-likeness (QED) is 0.851. The lowest BCUT2D eigenvalue weighted by Crippen LogP contribution is -2.48. The van der Waals surface area contributed by atoms with Crippen molar-refractivity contribution in [3.63, 3.8) is 0 Å². The summed E-state index contributed by atoms with van der Waals surface area (Å²) in [6, 6.07) is 8.35. The van der Waals surface area contributed by atoms with E-state index in [1.807, 2.05) is 23.1 Å². The van der Waals surface area contributed by atoms with Gasteiger partial charge in [-0.05, 0) is 50.4 Å². The first-order chi connectivity index (χ1) is 12.7. The normalized spacial score (nSPS) is 21.2. The lowest BCUT2D eigenvalue weighted by atomic mass is 10.0. The predicted octanol–water partition coefficient (Wildman–Crippen LogP) is 2.59. The molecule has 0 saturated carbocycles. The molecular weight excluding hydrogens is 326 g/mol. The molecule has 0 bridgehead atoms. The van der Waals surface area contributed by atoms with Crippen LogP contribution < -0.4 is 10.2 Å². The van der Waals surface area contributed by atoms with Crippen LogP contribution in [-0.4, -0.2) is 48.9 Å². The number of aryl methyl sites for hydroxylation is 1. The zero-order valence-corrected chi connectivity index (χ0v) is 16.0. The zero-order chi connectivity index (χ0) is 18.5. The van der Waals surface area contributed by atoms with Crippen LogP contribution in [0.15, 0.2) is 24.3 Å². The fourth-order valence-electron chi connectivity index (χ4n) is 4.25. The SMILES string of the molecule is CCCN(C(=O)C1CC(=O)N(c2ccccc2CC)C1)C1CCNCC1. The number of nitrogens with zero attached hydrogens (tertiary/aromatic N) is 2. The summed E-state index contributed by atoms with van der Waals surface area (Å²) in [4.78, 5) is 29.8. The highest BCUT2D eigenvalue weighted by Crippen LogP contribution is 2.30. The lowest BCUT2D eigenvalue weighted by molar-refractivity contribution is -0.138. The molecule has 26 heavy (non-hydrogen) atoms. The van der Waals surface area contributed by atoms with Crippen molar-refractivity contribution in [2.45, 2.75) is 52.0 Å². The molecule has 1 aromatic carbocycles. The summed E-state index contributed by atoms with van der Waals surface area (Å²) in [6.07, 6.45) is 4.19. The third-order valence-corrected chi connectivity index (χ3v) is 5.63. The molecule has 2 aliphatic rings. The number of hydrogen-bond acceptors (Lipinski definition) is 3. The summed E-state index contributed by atoms with van der Waals surface area (Å²) in [5, 5.41) is 3.37. The lowest BCUT2D eigenvalue weighted by Gasteiger charge is -2.36. The van der Waals surface area contributed by atoms with Gasteiger partial charge in [0, 0.05) is 31.2 Å². The van der Waals surface area contributed by atoms with Crippen LogP contribution in [0.5, 0.6) is 0 Å². The van der Waals surface area contributed by atoms with Crippen LogP contribution in [0.4, 0.5) is 5.69 Å². The van der Waals surface area contributed by atoms with E-state index in [2.05, 4.69) is 30.1 Å². The molecule has 0 aromatic heterocycles. The van der Waals surface area contributed by atoms with Gasteiger partial charge >= 0.3 is 0 Å². The second-order valence-electron chi connectivity index (χ2n) is 7.40. The highest BCUT2D eigenvalue weighted by molar-refractivity contribution is 6.00. The number of nitrogens with one attached hydrogen (secondary N) is 1. The topological polar surface area (TPSA) is 52.7 Å². The number of carbonyl (C=O) groups excluding carboxylic acids is 2. The summed E-state index contributed by atoms with van der Waals surface area (Å²) >= 11 is 0. The van der Waals surface area contributed by atoms with E-state index in [9.17, 15) is 9.59 Å². The summed E-state index contributed by atoms with van der Waals surface area (Å²) in [6.45, 7) is 7.46. The molecule has 2 aliphatic heterocycles. The summed E-state index contributed by atoms with van der Waals surface area (Å²) in [5.41, 5.74) is 2.14. The van der Waals surface area contributed by atoms with E-state index in [4.69, 9.17) is 0 Å². The Morgan fingerprint density at radius 2 is 1.96 bits per heavy atom. The fraction of sp³-hybridized carbons (Fsp3) is 0.619. The second kappa shape index (κ2) is 8.67. The minimum absolute atomic E-state index is 0.0750. The predicted molar refractivity (Wildman–Crippen MR) is 104 cm³/mol. The van der Waals surface area contributed by atoms with Crippen molar-refractivity contribution in [3.8, 4) is 0 Å². The highest BCUT2D eigenvalue weighted by atomic mass is 16.2. The molecule has 1 aromatic rings. The number of piperidine rings is 1. The number of amides is 2. The van der Waals surface area contributed by atoms with E-state index in [1.54, 1.807) is 0 Å². The summed E-state index contributed by atoms with van der Waals surface area (Å²) in [5.74, 6) is 0.0310. The van der Waals surface area contributed by atoms with Crippen LogP contribution in [0.1, 0.15) is 45.1 Å². The molecule has 1 N–H and O–H groups in total. The van der Waals surface area contributed by atoms with Crippen molar-refractivity contribution in [1.29, 1.82) is 0 Å². The van der Waals surface area contributed by atoms with Crippen molar-refractivity contribution < 1.29 is 9.59 Å². The maximum Gasteiger partial charge on any atom is 0.228 e. The molecule has 1 unspecified atom stereocenters. The number of anilines is 1. The van der Waals surface area contributed by atoms with Crippen molar-refractivity contribution in [2.24, 2.45) is 5.92 Å². The molecule has 2 amide bonds. The Kier molecular flexibility index (Phi) is 6.30. The summed E-state index contributed by atoms with van der Waals surface area (Å²) in [7, 11) is 0. The molecule has 5 heteroatoms. The van der Waals surface area contributed by atoms with E-state index >= 15 is 0 Å². The van der Waals surface area contributed by atoms with Gasteiger partial charge in [0.1, 0.15) is 0 Å². The van der Waals surface area contributed by atoms with Gasteiger partial charge in [0.2, 0.25) is 11.8 Å². The van der Waals surface area contributed by atoms with Gasteiger partial charge in [0.25, 0.3) is 0 Å². The molecule has 3 rings (SSSR count). The molecule has 142 valence electrons. The van der Waals surface area contributed by atoms with E-state index in [0.717, 1.165) is 56.6 Å². The minimum Gasteiger partial charge on any atom is -0.339 e. The first-order valence-corrected chi connectivity index (χ1v) is 10.0. The van der Waals surface area contributed by atoms with E-state index in [-0.39, 0.29) is 17.7 Å². The van der Waals surface area contributed by atoms with Crippen LogP contribution in [0, 0.1) is 5.92 Å². The fourth-order valence-corrected chi connectivity index (χ4v) is 4.25. The Morgan fingerprint density at radius 3 is 2.65 bits per heavy atom. The molecule has 2 fully saturated rings. The van der Waals surface area contributed by atoms with E-state index in [1.165, 1.54) is 0 Å². The average molecular weight is 357 g/mol. The average Bonchev–Trinajstić information content (AvgIpc) is 3.07. The number of hydrogen-bond donors (Lipinski definition) is 1. The van der Waals surface area contributed by atoms with Gasteiger partial charge in [-0.2, -0.15) is 0 Å². The maximum absolute atomic E-state index is 13.2. The summed E-state index contributed by atoms with van der Waals surface area (Å²) < 4.78 is 0. The van der Waals surface area contributed by atoms with Crippen LogP contribution in [0.3, 0.4) is 0 Å². The molecule has 2 heterocycles. The molecule has 5 nitrogen and oxygen atoms in total. The van der Waals surface area contributed by atoms with Gasteiger partial charge < -0.3 is 15.1 Å². The number of rotatable bonds is 6. The Balaban J connectivity index is 1.74. The van der Waals surface area contributed by atoms with Crippen LogP contribution >= 0.6 is 0 Å². The van der Waals surface area contributed by atoms with Gasteiger partial charge in [-0.3, -0.25) is 9.59 Å². The van der Waals surface area contributed by atoms with Crippen LogP contribution in [0.25, 0.3) is 0 Å². The van der Waals surface area contributed by atoms with Crippen molar-refractivity contribution >= 4 is 17.5 Å². The van der Waals surface area contributed by atoms with Crippen molar-refractivity contribution in [2.75, 3.05) is 31.1 Å². The third-order valence-electron chi connectivity index (χ3n) is 5.63. The molecule has 0 spiro atoms. The van der Waals surface area contributed by atoms with Gasteiger partial charge in [-0.1, -0.05) is 32.0 Å². The van der Waals surface area contributed by atoms with Crippen molar-refractivity contribution in [3.05, 3.63) is 29.8 Å². The number of carbonyl (C=O) groups is 2. The number of para-hydroxylation sites is 1. The monoisotopic (exact) mass is 357 g/mol. The Labute approximate surface area is 156 Å². The molecule has 0 aliphatic carbocycles. The minimum atomic E-state index is -0.214. The largest absolute Gasteiger partial charge is 0.339 e.